The number of piperidine rings is 1. The lowest BCUT2D eigenvalue weighted by molar-refractivity contribution is -0.145. The number of nitrogens with zero attached hydrogens (tertiary/aromatic N) is 4. The molecule has 2 fully saturated rings. The Balaban J connectivity index is 1.49. The Bertz CT molecular complexity index is 1510. The summed E-state index contributed by atoms with van der Waals surface area (Å²) in [6, 6.07) is 11.2. The maximum absolute atomic E-state index is 14.2. The Labute approximate surface area is 295 Å². The van der Waals surface area contributed by atoms with Gasteiger partial charge in [0, 0.05) is 44.0 Å². The van der Waals surface area contributed by atoms with Crippen LogP contribution in [-0.2, 0) is 35.1 Å². The SMILES string of the molecule is C=C/C=C(\O)C(=O)N(c1ccc(C)cn1)C1CCN(CCc2ccccc2N(CC(=O)OCC)C(=O)CC2(CC(=O)OC)CCCCC2)CC1. The molecule has 0 unspecified atom stereocenters. The molecule has 4 rings (SSSR count). The molecule has 0 atom stereocenters. The number of aliphatic hydroxyl groups excluding tert-OH is 1. The van der Waals surface area contributed by atoms with Crippen LogP contribution >= 0.6 is 0 Å². The maximum Gasteiger partial charge on any atom is 0.326 e. The number of aryl methyl sites for hydroxylation is 1. The van der Waals surface area contributed by atoms with Crippen LogP contribution in [0.5, 0.6) is 0 Å². The molecular formula is C39H52N4O7. The van der Waals surface area contributed by atoms with Crippen LogP contribution in [0.25, 0.3) is 0 Å². The van der Waals surface area contributed by atoms with Crippen molar-refractivity contribution >= 4 is 35.3 Å². The Morgan fingerprint density at radius 1 is 1.04 bits per heavy atom. The molecule has 11 heteroatoms. The fourth-order valence-electron chi connectivity index (χ4n) is 7.19. The fourth-order valence-corrected chi connectivity index (χ4v) is 7.19. The second-order valence-electron chi connectivity index (χ2n) is 13.4. The van der Waals surface area contributed by atoms with Gasteiger partial charge < -0.3 is 24.4 Å². The lowest BCUT2D eigenvalue weighted by Crippen LogP contribution is -2.48. The van der Waals surface area contributed by atoms with Gasteiger partial charge in [0.2, 0.25) is 5.91 Å². The zero-order valence-corrected chi connectivity index (χ0v) is 29.8. The van der Waals surface area contributed by atoms with Crippen LogP contribution in [0, 0.1) is 12.3 Å². The number of ether oxygens (including phenoxy) is 2. The number of likely N-dealkylation sites (tertiary alicyclic amines) is 1. The number of carbonyl (C=O) groups excluding carboxylic acids is 4. The number of benzene rings is 1. The van der Waals surface area contributed by atoms with E-state index in [2.05, 4.69) is 16.5 Å². The molecule has 0 bridgehead atoms. The average Bonchev–Trinajstić information content (AvgIpc) is 3.11. The third-order valence-corrected chi connectivity index (χ3v) is 9.84. The summed E-state index contributed by atoms with van der Waals surface area (Å²) in [5.74, 6) is -1.43. The summed E-state index contributed by atoms with van der Waals surface area (Å²) in [7, 11) is 1.37. The van der Waals surface area contributed by atoms with Crippen LogP contribution < -0.4 is 9.80 Å². The van der Waals surface area contributed by atoms with Gasteiger partial charge in [-0.25, -0.2) is 4.98 Å². The van der Waals surface area contributed by atoms with Gasteiger partial charge in [-0.2, -0.15) is 0 Å². The summed E-state index contributed by atoms with van der Waals surface area (Å²) in [4.78, 5) is 62.6. The van der Waals surface area contributed by atoms with Crippen molar-refractivity contribution in [2.45, 2.75) is 84.1 Å². The summed E-state index contributed by atoms with van der Waals surface area (Å²) < 4.78 is 10.3. The minimum absolute atomic E-state index is 0.145. The topological polar surface area (TPSA) is 130 Å². The first kappa shape index (κ1) is 38.3. The van der Waals surface area contributed by atoms with E-state index in [0.29, 0.717) is 37.3 Å². The lowest BCUT2D eigenvalue weighted by Gasteiger charge is -2.38. The number of methoxy groups -OCH3 is 1. The minimum Gasteiger partial charge on any atom is -0.503 e. The number of amides is 2. The number of anilines is 2. The van der Waals surface area contributed by atoms with E-state index >= 15 is 0 Å². The van der Waals surface area contributed by atoms with Gasteiger partial charge in [-0.05, 0) is 80.7 Å². The summed E-state index contributed by atoms with van der Waals surface area (Å²) in [6.45, 7) is 9.39. The molecule has 0 radical (unpaired) electrons. The van der Waals surface area contributed by atoms with Crippen LogP contribution in [0.1, 0.15) is 75.8 Å². The number of aliphatic hydroxyl groups is 1. The van der Waals surface area contributed by atoms with Crippen LogP contribution in [0.2, 0.25) is 0 Å². The highest BCUT2D eigenvalue weighted by molar-refractivity contribution is 6.04. The normalized spacial score (nSPS) is 16.7. The molecule has 50 heavy (non-hydrogen) atoms. The molecule has 0 spiro atoms. The van der Waals surface area contributed by atoms with Crippen molar-refractivity contribution in [2.24, 2.45) is 5.41 Å². The Kier molecular flexibility index (Phi) is 14.1. The molecule has 11 nitrogen and oxygen atoms in total. The van der Waals surface area contributed by atoms with Gasteiger partial charge in [0.25, 0.3) is 5.91 Å². The monoisotopic (exact) mass is 688 g/mol. The zero-order valence-electron chi connectivity index (χ0n) is 29.8. The van der Waals surface area contributed by atoms with Gasteiger partial charge in [-0.1, -0.05) is 56.2 Å². The van der Waals surface area contributed by atoms with E-state index in [1.165, 1.54) is 24.2 Å². The zero-order chi connectivity index (χ0) is 36.1. The van der Waals surface area contributed by atoms with Crippen molar-refractivity contribution < 1.29 is 33.8 Å². The summed E-state index contributed by atoms with van der Waals surface area (Å²) in [5, 5.41) is 10.4. The van der Waals surface area contributed by atoms with Crippen LogP contribution in [0.15, 0.2) is 67.1 Å². The smallest absolute Gasteiger partial charge is 0.326 e. The number of para-hydroxylation sites is 1. The van der Waals surface area contributed by atoms with Crippen molar-refractivity contribution in [3.63, 3.8) is 0 Å². The van der Waals surface area contributed by atoms with Gasteiger partial charge in [0.1, 0.15) is 12.4 Å². The Morgan fingerprint density at radius 3 is 2.40 bits per heavy atom. The van der Waals surface area contributed by atoms with Crippen LogP contribution in [-0.4, -0.2) is 84.7 Å². The van der Waals surface area contributed by atoms with Gasteiger partial charge in [0.15, 0.2) is 5.76 Å². The number of carbonyl (C=O) groups is 4. The van der Waals surface area contributed by atoms with Crippen molar-refractivity contribution in [2.75, 3.05) is 49.7 Å². The highest BCUT2D eigenvalue weighted by atomic mass is 16.5. The number of esters is 2. The molecule has 1 saturated heterocycles. The summed E-state index contributed by atoms with van der Waals surface area (Å²) >= 11 is 0. The van der Waals surface area contributed by atoms with Crippen molar-refractivity contribution in [1.29, 1.82) is 0 Å². The molecule has 1 aliphatic heterocycles. The lowest BCUT2D eigenvalue weighted by atomic mass is 9.69. The van der Waals surface area contributed by atoms with E-state index in [9.17, 15) is 24.3 Å². The molecule has 1 aromatic carbocycles. The van der Waals surface area contributed by atoms with E-state index in [-0.39, 0.29) is 49.7 Å². The summed E-state index contributed by atoms with van der Waals surface area (Å²) in [5.41, 5.74) is 2.06. The van der Waals surface area contributed by atoms with Crippen molar-refractivity contribution in [1.82, 2.24) is 9.88 Å². The predicted octanol–water partition coefficient (Wildman–Crippen LogP) is 5.86. The molecule has 2 aliphatic rings. The highest BCUT2D eigenvalue weighted by Crippen LogP contribution is 2.43. The van der Waals surface area contributed by atoms with Crippen LogP contribution in [0.4, 0.5) is 11.5 Å². The first-order valence-electron chi connectivity index (χ1n) is 17.7. The quantitative estimate of drug-likeness (QED) is 0.106. The largest absolute Gasteiger partial charge is 0.503 e. The number of allylic oxidation sites excluding steroid dienone is 2. The van der Waals surface area contributed by atoms with E-state index in [1.54, 1.807) is 24.1 Å². The number of rotatable bonds is 15. The molecule has 1 saturated carbocycles. The highest BCUT2D eigenvalue weighted by Gasteiger charge is 2.39. The van der Waals surface area contributed by atoms with Crippen LogP contribution in [0.3, 0.4) is 0 Å². The number of hydrogen-bond acceptors (Lipinski definition) is 9. The van der Waals surface area contributed by atoms with E-state index in [4.69, 9.17) is 9.47 Å². The van der Waals surface area contributed by atoms with Gasteiger partial charge in [0.05, 0.1) is 20.1 Å². The minimum atomic E-state index is -0.512. The molecule has 2 amide bonds. The Hall–Kier alpha value is -4.51. The molecular weight excluding hydrogens is 636 g/mol. The predicted molar refractivity (Wildman–Crippen MR) is 193 cm³/mol. The average molecular weight is 689 g/mol. The van der Waals surface area contributed by atoms with Crippen molar-refractivity contribution in [3.8, 4) is 0 Å². The molecule has 2 heterocycles. The first-order chi connectivity index (χ1) is 24.1. The maximum atomic E-state index is 14.2. The number of aromatic nitrogens is 1. The third kappa shape index (κ3) is 10.3. The van der Waals surface area contributed by atoms with E-state index in [1.807, 2.05) is 37.3 Å². The van der Waals surface area contributed by atoms with E-state index < -0.39 is 17.3 Å². The van der Waals surface area contributed by atoms with Crippen molar-refractivity contribution in [3.05, 3.63) is 78.2 Å². The van der Waals surface area contributed by atoms with Gasteiger partial charge in [-0.15, -0.1) is 0 Å². The second kappa shape index (κ2) is 18.5. The van der Waals surface area contributed by atoms with E-state index in [0.717, 1.165) is 56.3 Å². The van der Waals surface area contributed by atoms with Gasteiger partial charge >= 0.3 is 11.9 Å². The Morgan fingerprint density at radius 2 is 1.76 bits per heavy atom. The summed E-state index contributed by atoms with van der Waals surface area (Å²) in [6.07, 6.45) is 11.1. The molecule has 1 N–H and O–H groups in total. The number of pyridine rings is 1. The fraction of sp³-hybridized carbons (Fsp3) is 0.513. The molecule has 270 valence electrons. The standard InChI is InChI=1S/C39H52N4O7/c1-5-12-33(44)38(48)43(34-16-15-29(3)27-40-34)31-18-23-41(24-19-31)22-17-30-13-8-9-14-32(30)42(28-37(47)50-6-2)35(45)25-39(26-36(46)49-4)20-10-7-11-21-39/h5,8-9,12-16,27,31,44H,1,6-7,10-11,17-26,28H2,2-4H3/b33-12-. The molecule has 2 aromatic rings. The first-order valence-corrected chi connectivity index (χ1v) is 17.7. The third-order valence-electron chi connectivity index (χ3n) is 9.84. The molecule has 1 aliphatic carbocycles. The van der Waals surface area contributed by atoms with Gasteiger partial charge in [-0.3, -0.25) is 24.1 Å². The second-order valence-corrected chi connectivity index (χ2v) is 13.4. The number of hydrogen-bond donors (Lipinski definition) is 1. The molecule has 1 aromatic heterocycles.